The van der Waals surface area contributed by atoms with E-state index in [1.165, 1.54) is 0 Å². The number of morpholine rings is 1. The lowest BCUT2D eigenvalue weighted by atomic mass is 10.2. The van der Waals surface area contributed by atoms with Gasteiger partial charge in [-0.05, 0) is 25.0 Å². The maximum Gasteiger partial charge on any atom is 0.342 e. The van der Waals surface area contributed by atoms with Crippen LogP contribution in [0.1, 0.15) is 36.0 Å². The van der Waals surface area contributed by atoms with Crippen LogP contribution in [0, 0.1) is 0 Å². The zero-order chi connectivity index (χ0) is 16.8. The van der Waals surface area contributed by atoms with Crippen LogP contribution in [0.2, 0.25) is 0 Å². The Kier molecular flexibility index (Phi) is 5.63. The minimum absolute atomic E-state index is 0.221. The number of nitrogens with zero attached hydrogens (tertiary/aromatic N) is 2. The fraction of sp³-hybridized carbons (Fsp3) is 0.588. The van der Waals surface area contributed by atoms with E-state index in [1.807, 2.05) is 4.90 Å². The first-order valence-corrected chi connectivity index (χ1v) is 8.48. The molecule has 1 amide bonds. The SMILES string of the molecule is O=C(COC(=O)c1cccnc1N1CCOCC1)NC1CCCC1. The smallest absolute Gasteiger partial charge is 0.342 e. The van der Waals surface area contributed by atoms with Gasteiger partial charge in [0.1, 0.15) is 11.4 Å². The van der Waals surface area contributed by atoms with Gasteiger partial charge in [-0.25, -0.2) is 9.78 Å². The third-order valence-corrected chi connectivity index (χ3v) is 4.37. The number of carbonyl (C=O) groups is 2. The van der Waals surface area contributed by atoms with Gasteiger partial charge in [0.05, 0.1) is 13.2 Å². The van der Waals surface area contributed by atoms with Gasteiger partial charge in [0.15, 0.2) is 6.61 Å². The predicted octanol–water partition coefficient (Wildman–Crippen LogP) is 1.13. The zero-order valence-electron chi connectivity index (χ0n) is 13.7. The highest BCUT2D eigenvalue weighted by molar-refractivity contribution is 5.96. The molecule has 2 fully saturated rings. The minimum atomic E-state index is -0.522. The molecule has 7 heteroatoms. The van der Waals surface area contributed by atoms with Crippen molar-refractivity contribution in [3.63, 3.8) is 0 Å². The van der Waals surface area contributed by atoms with Gasteiger partial charge >= 0.3 is 5.97 Å². The molecule has 1 saturated carbocycles. The fourth-order valence-electron chi connectivity index (χ4n) is 3.13. The van der Waals surface area contributed by atoms with Crippen LogP contribution in [-0.2, 0) is 14.3 Å². The van der Waals surface area contributed by atoms with E-state index < -0.39 is 5.97 Å². The summed E-state index contributed by atoms with van der Waals surface area (Å²) in [5.41, 5.74) is 0.382. The summed E-state index contributed by atoms with van der Waals surface area (Å²) in [4.78, 5) is 30.5. The van der Waals surface area contributed by atoms with Crippen LogP contribution in [0.25, 0.3) is 0 Å². The second-order valence-corrected chi connectivity index (χ2v) is 6.10. The number of amides is 1. The van der Waals surface area contributed by atoms with Crippen molar-refractivity contribution < 1.29 is 19.1 Å². The van der Waals surface area contributed by atoms with E-state index in [0.29, 0.717) is 37.7 Å². The van der Waals surface area contributed by atoms with Gasteiger partial charge in [-0.2, -0.15) is 0 Å². The van der Waals surface area contributed by atoms with Crippen LogP contribution >= 0.6 is 0 Å². The lowest BCUT2D eigenvalue weighted by Crippen LogP contribution is -2.38. The Morgan fingerprint density at radius 1 is 1.29 bits per heavy atom. The van der Waals surface area contributed by atoms with Crippen molar-refractivity contribution in [2.45, 2.75) is 31.7 Å². The van der Waals surface area contributed by atoms with Crippen molar-refractivity contribution >= 4 is 17.7 Å². The minimum Gasteiger partial charge on any atom is -0.452 e. The molecule has 0 bridgehead atoms. The van der Waals surface area contributed by atoms with Crippen molar-refractivity contribution in [3.8, 4) is 0 Å². The summed E-state index contributed by atoms with van der Waals surface area (Å²) in [5.74, 6) is -0.180. The summed E-state index contributed by atoms with van der Waals surface area (Å²) in [7, 11) is 0. The molecule has 0 spiro atoms. The Hall–Kier alpha value is -2.15. The van der Waals surface area contributed by atoms with Crippen LogP contribution in [-0.4, -0.2) is 55.8 Å². The van der Waals surface area contributed by atoms with Crippen LogP contribution in [0.4, 0.5) is 5.82 Å². The molecule has 1 aromatic heterocycles. The highest BCUT2D eigenvalue weighted by atomic mass is 16.5. The summed E-state index contributed by atoms with van der Waals surface area (Å²) in [6, 6.07) is 3.59. The molecule has 1 aliphatic heterocycles. The summed E-state index contributed by atoms with van der Waals surface area (Å²) >= 11 is 0. The molecule has 0 radical (unpaired) electrons. The van der Waals surface area contributed by atoms with Gasteiger partial charge in [0.2, 0.25) is 0 Å². The van der Waals surface area contributed by atoms with Crippen LogP contribution in [0.5, 0.6) is 0 Å². The molecule has 1 aliphatic carbocycles. The second-order valence-electron chi connectivity index (χ2n) is 6.10. The second kappa shape index (κ2) is 8.10. The van der Waals surface area contributed by atoms with Crippen molar-refractivity contribution in [2.75, 3.05) is 37.8 Å². The molecule has 1 saturated heterocycles. The van der Waals surface area contributed by atoms with Crippen molar-refractivity contribution in [2.24, 2.45) is 0 Å². The van der Waals surface area contributed by atoms with E-state index in [4.69, 9.17) is 9.47 Å². The van der Waals surface area contributed by atoms with E-state index in [-0.39, 0.29) is 18.6 Å². The number of hydrogen-bond acceptors (Lipinski definition) is 6. The largest absolute Gasteiger partial charge is 0.452 e. The Labute approximate surface area is 141 Å². The number of esters is 1. The molecule has 0 aromatic carbocycles. The van der Waals surface area contributed by atoms with Gasteiger partial charge in [-0.3, -0.25) is 4.79 Å². The third kappa shape index (κ3) is 4.23. The van der Waals surface area contributed by atoms with Crippen molar-refractivity contribution in [1.82, 2.24) is 10.3 Å². The maximum atomic E-state index is 12.3. The lowest BCUT2D eigenvalue weighted by molar-refractivity contribution is -0.124. The number of nitrogens with one attached hydrogen (secondary N) is 1. The molecule has 7 nitrogen and oxygen atoms in total. The van der Waals surface area contributed by atoms with Crippen LogP contribution in [0.15, 0.2) is 18.3 Å². The lowest BCUT2D eigenvalue weighted by Gasteiger charge is -2.28. The number of aromatic nitrogens is 1. The number of carbonyl (C=O) groups excluding carboxylic acids is 2. The summed E-state index contributed by atoms with van der Waals surface area (Å²) in [5, 5.41) is 2.90. The van der Waals surface area contributed by atoms with Crippen LogP contribution < -0.4 is 10.2 Å². The van der Waals surface area contributed by atoms with E-state index in [1.54, 1.807) is 18.3 Å². The van der Waals surface area contributed by atoms with Crippen molar-refractivity contribution in [3.05, 3.63) is 23.9 Å². The highest BCUT2D eigenvalue weighted by Crippen LogP contribution is 2.20. The van der Waals surface area contributed by atoms with E-state index >= 15 is 0 Å². The van der Waals surface area contributed by atoms with Gasteiger partial charge in [0.25, 0.3) is 5.91 Å². The molecule has 3 rings (SSSR count). The first-order chi connectivity index (χ1) is 11.7. The van der Waals surface area contributed by atoms with Crippen molar-refractivity contribution in [1.29, 1.82) is 0 Å². The number of rotatable bonds is 5. The average Bonchev–Trinajstić information content (AvgIpc) is 3.13. The molecule has 2 heterocycles. The normalized spacial score (nSPS) is 18.4. The van der Waals surface area contributed by atoms with Gasteiger partial charge in [0, 0.05) is 25.3 Å². The molecular formula is C17H23N3O4. The first-order valence-electron chi connectivity index (χ1n) is 8.48. The molecule has 0 unspecified atom stereocenters. The van der Waals surface area contributed by atoms with E-state index in [9.17, 15) is 9.59 Å². The molecular weight excluding hydrogens is 310 g/mol. The summed E-state index contributed by atoms with van der Waals surface area (Å²) in [6.07, 6.45) is 5.94. The van der Waals surface area contributed by atoms with E-state index in [0.717, 1.165) is 25.7 Å². The molecule has 24 heavy (non-hydrogen) atoms. The quantitative estimate of drug-likeness (QED) is 0.814. The Balaban J connectivity index is 1.57. The number of ether oxygens (including phenoxy) is 2. The Morgan fingerprint density at radius 2 is 2.04 bits per heavy atom. The van der Waals surface area contributed by atoms with Gasteiger partial charge in [-0.15, -0.1) is 0 Å². The monoisotopic (exact) mass is 333 g/mol. The Morgan fingerprint density at radius 3 is 2.79 bits per heavy atom. The molecule has 2 aliphatic rings. The number of anilines is 1. The number of hydrogen-bond donors (Lipinski definition) is 1. The van der Waals surface area contributed by atoms with Gasteiger partial charge in [-0.1, -0.05) is 12.8 Å². The molecule has 1 aromatic rings. The molecule has 130 valence electrons. The third-order valence-electron chi connectivity index (χ3n) is 4.37. The topological polar surface area (TPSA) is 80.8 Å². The summed E-state index contributed by atoms with van der Waals surface area (Å²) < 4.78 is 10.5. The first kappa shape index (κ1) is 16.7. The average molecular weight is 333 g/mol. The van der Waals surface area contributed by atoms with Gasteiger partial charge < -0.3 is 19.7 Å². The molecule has 0 atom stereocenters. The van der Waals surface area contributed by atoms with E-state index in [2.05, 4.69) is 10.3 Å². The van der Waals surface area contributed by atoms with Crippen LogP contribution in [0.3, 0.4) is 0 Å². The summed E-state index contributed by atoms with van der Waals surface area (Å²) in [6.45, 7) is 2.31. The Bertz CT molecular complexity index is 581. The zero-order valence-corrected chi connectivity index (χ0v) is 13.7. The highest BCUT2D eigenvalue weighted by Gasteiger charge is 2.22. The predicted molar refractivity (Wildman–Crippen MR) is 88.0 cm³/mol. The number of pyridine rings is 1. The molecule has 1 N–H and O–H groups in total. The maximum absolute atomic E-state index is 12.3. The standard InChI is InChI=1S/C17H23N3O4/c21-15(19-13-4-1-2-5-13)12-24-17(22)14-6-3-7-18-16(14)20-8-10-23-11-9-20/h3,6-7,13H,1-2,4-5,8-12H2,(H,19,21). The fourth-order valence-corrected chi connectivity index (χ4v) is 3.13.